The van der Waals surface area contributed by atoms with Gasteiger partial charge in [-0.15, -0.1) is 0 Å². The van der Waals surface area contributed by atoms with Gasteiger partial charge in [0.15, 0.2) is 5.78 Å². The smallest absolute Gasteiger partial charge is 0.354 e. The lowest BCUT2D eigenvalue weighted by atomic mass is 10.1. The van der Waals surface area contributed by atoms with Crippen LogP contribution >= 0.6 is 0 Å². The minimum absolute atomic E-state index is 0.0407. The molecule has 0 spiro atoms. The second-order valence-corrected chi connectivity index (χ2v) is 8.01. The summed E-state index contributed by atoms with van der Waals surface area (Å²) in [6.45, 7) is 2.28. The zero-order chi connectivity index (χ0) is 25.4. The molecule has 0 bridgehead atoms. The SMILES string of the molecule is CCOC(=O)c1cc(CC(=O)c2cc([N+](=O)[O-])cn2CCCc2ccccc2)cn1CCC(=O)O. The van der Waals surface area contributed by atoms with Gasteiger partial charge in [-0.05, 0) is 37.0 Å². The number of aryl methyl sites for hydroxylation is 3. The standard InChI is InChI=1S/C25H27N3O7/c1-2-35-25(32)22-13-19(16-27(22)12-10-24(30)31)14-23(29)21-15-20(28(33)34)17-26(21)11-6-9-18-7-4-3-5-8-18/h3-5,7-8,13,15-17H,2,6,9-12,14H2,1H3,(H,30,31). The van der Waals surface area contributed by atoms with E-state index in [1.54, 1.807) is 17.7 Å². The van der Waals surface area contributed by atoms with Crippen LogP contribution in [0.4, 0.5) is 5.69 Å². The van der Waals surface area contributed by atoms with E-state index in [9.17, 15) is 24.5 Å². The lowest BCUT2D eigenvalue weighted by molar-refractivity contribution is -0.384. The summed E-state index contributed by atoms with van der Waals surface area (Å²) in [5.74, 6) is -1.98. The van der Waals surface area contributed by atoms with Crippen molar-refractivity contribution in [3.8, 4) is 0 Å². The molecule has 0 saturated heterocycles. The van der Waals surface area contributed by atoms with E-state index in [4.69, 9.17) is 9.84 Å². The molecule has 3 aromatic rings. The Labute approximate surface area is 201 Å². The Kier molecular flexibility index (Phi) is 8.55. The molecule has 3 rings (SSSR count). The number of aliphatic carboxylic acids is 1. The number of carbonyl (C=O) groups excluding carboxylic acids is 2. The number of hydrogen-bond acceptors (Lipinski definition) is 6. The maximum Gasteiger partial charge on any atom is 0.354 e. The Hall–Kier alpha value is -4.21. The van der Waals surface area contributed by atoms with Crippen molar-refractivity contribution < 1.29 is 29.2 Å². The summed E-state index contributed by atoms with van der Waals surface area (Å²) in [5.41, 5.74) is 1.82. The molecule has 0 aliphatic rings. The van der Waals surface area contributed by atoms with Crippen LogP contribution in [0, 0.1) is 10.1 Å². The molecule has 184 valence electrons. The van der Waals surface area contributed by atoms with Gasteiger partial charge in [0.05, 0.1) is 29.8 Å². The molecule has 1 N–H and O–H groups in total. The van der Waals surface area contributed by atoms with E-state index in [1.165, 1.54) is 22.9 Å². The predicted octanol–water partition coefficient (Wildman–Crippen LogP) is 3.91. The minimum Gasteiger partial charge on any atom is -0.481 e. The zero-order valence-electron chi connectivity index (χ0n) is 19.4. The fourth-order valence-electron chi connectivity index (χ4n) is 3.83. The van der Waals surface area contributed by atoms with Gasteiger partial charge in [-0.1, -0.05) is 30.3 Å². The summed E-state index contributed by atoms with van der Waals surface area (Å²) in [6.07, 6.45) is 4.05. The molecule has 10 nitrogen and oxygen atoms in total. The van der Waals surface area contributed by atoms with E-state index in [0.29, 0.717) is 18.5 Å². The van der Waals surface area contributed by atoms with Crippen molar-refractivity contribution >= 4 is 23.4 Å². The van der Waals surface area contributed by atoms with Crippen LogP contribution in [0.5, 0.6) is 0 Å². The van der Waals surface area contributed by atoms with Crippen molar-refractivity contribution in [2.45, 2.75) is 45.7 Å². The van der Waals surface area contributed by atoms with Crippen LogP contribution in [-0.2, 0) is 35.5 Å². The molecule has 2 heterocycles. The van der Waals surface area contributed by atoms with E-state index >= 15 is 0 Å². The summed E-state index contributed by atoms with van der Waals surface area (Å²) < 4.78 is 8.09. The molecule has 10 heteroatoms. The third-order valence-corrected chi connectivity index (χ3v) is 5.45. The van der Waals surface area contributed by atoms with Crippen molar-refractivity contribution in [3.05, 3.63) is 87.5 Å². The third kappa shape index (κ3) is 6.89. The molecule has 1 aromatic carbocycles. The summed E-state index contributed by atoms with van der Waals surface area (Å²) in [6, 6.07) is 12.6. The van der Waals surface area contributed by atoms with Gasteiger partial charge < -0.3 is 19.0 Å². The highest BCUT2D eigenvalue weighted by Gasteiger charge is 2.22. The van der Waals surface area contributed by atoms with Crippen molar-refractivity contribution in [3.63, 3.8) is 0 Å². The number of ketones is 1. The first kappa shape index (κ1) is 25.4. The molecule has 0 amide bonds. The van der Waals surface area contributed by atoms with Gasteiger partial charge in [-0.25, -0.2) is 4.79 Å². The third-order valence-electron chi connectivity index (χ3n) is 5.45. The number of nitrogens with zero attached hydrogens (tertiary/aromatic N) is 3. The molecule has 0 aliphatic carbocycles. The molecule has 0 atom stereocenters. The number of nitro groups is 1. The number of carbonyl (C=O) groups is 3. The van der Waals surface area contributed by atoms with Crippen molar-refractivity contribution in [1.29, 1.82) is 0 Å². The Balaban J connectivity index is 1.79. The summed E-state index contributed by atoms with van der Waals surface area (Å²) in [5, 5.41) is 20.3. The van der Waals surface area contributed by atoms with E-state index in [2.05, 4.69) is 0 Å². The highest BCUT2D eigenvalue weighted by Crippen LogP contribution is 2.21. The number of rotatable bonds is 13. The molecule has 0 radical (unpaired) electrons. The summed E-state index contributed by atoms with van der Waals surface area (Å²) in [4.78, 5) is 47.2. The van der Waals surface area contributed by atoms with Crippen LogP contribution in [0.15, 0.2) is 54.9 Å². The number of benzene rings is 1. The van der Waals surface area contributed by atoms with Gasteiger partial charge in [0.1, 0.15) is 5.69 Å². The first-order valence-electron chi connectivity index (χ1n) is 11.3. The molecular formula is C25H27N3O7. The maximum atomic E-state index is 13.1. The maximum absolute atomic E-state index is 13.1. The molecule has 0 unspecified atom stereocenters. The van der Waals surface area contributed by atoms with Crippen LogP contribution in [0.3, 0.4) is 0 Å². The minimum atomic E-state index is -1.02. The molecule has 0 fully saturated rings. The van der Waals surface area contributed by atoms with Crippen LogP contribution < -0.4 is 0 Å². The fraction of sp³-hybridized carbons (Fsp3) is 0.320. The Morgan fingerprint density at radius 1 is 1.00 bits per heavy atom. The lowest BCUT2D eigenvalue weighted by Gasteiger charge is -2.08. The van der Waals surface area contributed by atoms with E-state index < -0.39 is 16.9 Å². The molecular weight excluding hydrogens is 454 g/mol. The average molecular weight is 482 g/mol. The first-order valence-corrected chi connectivity index (χ1v) is 11.3. The number of hydrogen-bond donors (Lipinski definition) is 1. The highest BCUT2D eigenvalue weighted by atomic mass is 16.6. The number of ether oxygens (including phenoxy) is 1. The molecule has 0 saturated carbocycles. The molecule has 0 aliphatic heterocycles. The number of esters is 1. The van der Waals surface area contributed by atoms with Gasteiger partial charge in [0, 0.05) is 31.8 Å². The number of Topliss-reactive ketones (excluding diaryl/α,β-unsaturated/α-hetero) is 1. The number of carboxylic acids is 1. The fourth-order valence-corrected chi connectivity index (χ4v) is 3.83. The Morgan fingerprint density at radius 2 is 1.71 bits per heavy atom. The normalized spacial score (nSPS) is 10.8. The van der Waals surface area contributed by atoms with Gasteiger partial charge in [0.25, 0.3) is 5.69 Å². The second-order valence-electron chi connectivity index (χ2n) is 8.01. The van der Waals surface area contributed by atoms with Gasteiger partial charge in [-0.2, -0.15) is 0 Å². The van der Waals surface area contributed by atoms with E-state index in [-0.39, 0.29) is 48.9 Å². The molecule has 2 aromatic heterocycles. The first-order chi connectivity index (χ1) is 16.8. The van der Waals surface area contributed by atoms with Crippen molar-refractivity contribution in [2.24, 2.45) is 0 Å². The van der Waals surface area contributed by atoms with Gasteiger partial charge in [-0.3, -0.25) is 19.7 Å². The Morgan fingerprint density at radius 3 is 2.37 bits per heavy atom. The summed E-state index contributed by atoms with van der Waals surface area (Å²) >= 11 is 0. The number of carboxylic acid groups (broad SMARTS) is 1. The van der Waals surface area contributed by atoms with E-state index in [0.717, 1.165) is 12.0 Å². The second kappa shape index (κ2) is 11.8. The largest absolute Gasteiger partial charge is 0.481 e. The number of aromatic nitrogens is 2. The topological polar surface area (TPSA) is 134 Å². The monoisotopic (exact) mass is 481 g/mol. The average Bonchev–Trinajstić information content (AvgIpc) is 3.43. The zero-order valence-corrected chi connectivity index (χ0v) is 19.4. The highest BCUT2D eigenvalue weighted by molar-refractivity contribution is 5.97. The quantitative estimate of drug-likeness (QED) is 0.169. The lowest BCUT2D eigenvalue weighted by Crippen LogP contribution is -2.13. The van der Waals surface area contributed by atoms with Crippen molar-refractivity contribution in [2.75, 3.05) is 6.61 Å². The van der Waals surface area contributed by atoms with Crippen LogP contribution in [0.2, 0.25) is 0 Å². The Bertz CT molecular complexity index is 1210. The van der Waals surface area contributed by atoms with Crippen LogP contribution in [0.25, 0.3) is 0 Å². The summed E-state index contributed by atoms with van der Waals surface area (Å²) in [7, 11) is 0. The van der Waals surface area contributed by atoms with Crippen molar-refractivity contribution in [1.82, 2.24) is 9.13 Å². The van der Waals surface area contributed by atoms with E-state index in [1.807, 2.05) is 30.3 Å². The van der Waals surface area contributed by atoms with Crippen LogP contribution in [-0.4, -0.2) is 43.5 Å². The van der Waals surface area contributed by atoms with Gasteiger partial charge >= 0.3 is 11.9 Å². The predicted molar refractivity (Wildman–Crippen MR) is 127 cm³/mol. The van der Waals surface area contributed by atoms with Crippen LogP contribution in [0.1, 0.15) is 51.9 Å². The van der Waals surface area contributed by atoms with Gasteiger partial charge in [0.2, 0.25) is 0 Å². The molecule has 35 heavy (non-hydrogen) atoms.